The molecule has 0 saturated carbocycles. The lowest BCUT2D eigenvalue weighted by Gasteiger charge is -2.08. The molecule has 3 rings (SSSR count). The van der Waals surface area contributed by atoms with Crippen molar-refractivity contribution in [3.05, 3.63) is 64.0 Å². The maximum atomic E-state index is 5.87. The van der Waals surface area contributed by atoms with Crippen LogP contribution in [-0.2, 0) is 6.54 Å². The maximum absolute atomic E-state index is 5.87. The number of hydrogen-bond donors (Lipinski definition) is 1. The van der Waals surface area contributed by atoms with Gasteiger partial charge in [0.25, 0.3) is 0 Å². The summed E-state index contributed by atoms with van der Waals surface area (Å²) in [6, 6.07) is 12.2. The van der Waals surface area contributed by atoms with Crippen LogP contribution in [0.3, 0.4) is 0 Å². The molecule has 5 heteroatoms. The summed E-state index contributed by atoms with van der Waals surface area (Å²) in [4.78, 5) is 8.40. The van der Waals surface area contributed by atoms with Crippen LogP contribution >= 0.6 is 27.5 Å². The number of pyridine rings is 2. The largest absolute Gasteiger partial charge is 0.380 e. The predicted molar refractivity (Wildman–Crippen MR) is 86.0 cm³/mol. The van der Waals surface area contributed by atoms with Crippen LogP contribution < -0.4 is 5.32 Å². The standard InChI is InChI=1S/C15H11BrClN3/c16-13-7-12(9-20-15(13)17)19-8-10-3-4-14-11(6-10)2-1-5-18-14/h1-7,9,19H,8H2. The van der Waals surface area contributed by atoms with Crippen molar-refractivity contribution in [3.63, 3.8) is 0 Å². The summed E-state index contributed by atoms with van der Waals surface area (Å²) in [7, 11) is 0. The molecular weight excluding hydrogens is 338 g/mol. The number of fused-ring (bicyclic) bond motifs is 1. The molecule has 1 N–H and O–H groups in total. The van der Waals surface area contributed by atoms with Crippen LogP contribution in [-0.4, -0.2) is 9.97 Å². The van der Waals surface area contributed by atoms with E-state index in [-0.39, 0.29) is 0 Å². The first-order chi connectivity index (χ1) is 9.72. The third kappa shape index (κ3) is 2.92. The maximum Gasteiger partial charge on any atom is 0.143 e. The van der Waals surface area contributed by atoms with E-state index in [1.807, 2.05) is 18.2 Å². The van der Waals surface area contributed by atoms with Crippen molar-refractivity contribution in [2.45, 2.75) is 6.54 Å². The van der Waals surface area contributed by atoms with Gasteiger partial charge in [-0.3, -0.25) is 4.98 Å². The molecule has 3 aromatic rings. The molecule has 0 aliphatic rings. The van der Waals surface area contributed by atoms with E-state index in [2.05, 4.69) is 49.4 Å². The Hall–Kier alpha value is -1.65. The van der Waals surface area contributed by atoms with Crippen molar-refractivity contribution in [1.29, 1.82) is 0 Å². The lowest BCUT2D eigenvalue weighted by atomic mass is 10.1. The Balaban J connectivity index is 1.77. The number of nitrogens with one attached hydrogen (secondary N) is 1. The Kier molecular flexibility index (Phi) is 3.85. The lowest BCUT2D eigenvalue weighted by Crippen LogP contribution is -2.00. The normalized spacial score (nSPS) is 10.7. The SMILES string of the molecule is Clc1ncc(NCc2ccc3ncccc3c2)cc1Br. The monoisotopic (exact) mass is 347 g/mol. The smallest absolute Gasteiger partial charge is 0.143 e. The van der Waals surface area contributed by atoms with E-state index in [4.69, 9.17) is 11.6 Å². The summed E-state index contributed by atoms with van der Waals surface area (Å²) in [5, 5.41) is 4.93. The van der Waals surface area contributed by atoms with Crippen molar-refractivity contribution in [2.24, 2.45) is 0 Å². The lowest BCUT2D eigenvalue weighted by molar-refractivity contribution is 1.14. The average Bonchev–Trinajstić information content (AvgIpc) is 2.48. The molecule has 2 heterocycles. The molecule has 0 saturated heterocycles. The highest BCUT2D eigenvalue weighted by molar-refractivity contribution is 9.10. The first kappa shape index (κ1) is 13.3. The van der Waals surface area contributed by atoms with Gasteiger partial charge in [-0.15, -0.1) is 0 Å². The van der Waals surface area contributed by atoms with Crippen LogP contribution in [0.15, 0.2) is 53.3 Å². The van der Waals surface area contributed by atoms with Crippen LogP contribution in [0.1, 0.15) is 5.56 Å². The highest BCUT2D eigenvalue weighted by Gasteiger charge is 2.01. The van der Waals surface area contributed by atoms with Crippen molar-refractivity contribution in [2.75, 3.05) is 5.32 Å². The van der Waals surface area contributed by atoms with E-state index < -0.39 is 0 Å². The quantitative estimate of drug-likeness (QED) is 0.700. The van der Waals surface area contributed by atoms with E-state index >= 15 is 0 Å². The van der Waals surface area contributed by atoms with Crippen LogP contribution in [0, 0.1) is 0 Å². The molecule has 0 unspecified atom stereocenters. The van der Waals surface area contributed by atoms with Gasteiger partial charge in [-0.1, -0.05) is 23.7 Å². The Labute approximate surface area is 130 Å². The van der Waals surface area contributed by atoms with E-state index in [0.29, 0.717) is 5.15 Å². The average molecular weight is 349 g/mol. The van der Waals surface area contributed by atoms with Crippen LogP contribution in [0.4, 0.5) is 5.69 Å². The van der Waals surface area contributed by atoms with Gasteiger partial charge in [-0.05, 0) is 45.8 Å². The van der Waals surface area contributed by atoms with Gasteiger partial charge in [0.2, 0.25) is 0 Å². The summed E-state index contributed by atoms with van der Waals surface area (Å²) in [5.74, 6) is 0. The fourth-order valence-corrected chi connectivity index (χ4v) is 2.41. The predicted octanol–water partition coefficient (Wildman–Crippen LogP) is 4.66. The van der Waals surface area contributed by atoms with Gasteiger partial charge in [-0.2, -0.15) is 0 Å². The Bertz CT molecular complexity index is 761. The van der Waals surface area contributed by atoms with E-state index in [1.54, 1.807) is 12.4 Å². The zero-order valence-electron chi connectivity index (χ0n) is 10.5. The number of rotatable bonds is 3. The van der Waals surface area contributed by atoms with Crippen molar-refractivity contribution >= 4 is 44.1 Å². The molecule has 0 amide bonds. The Morgan fingerprint density at radius 1 is 1.15 bits per heavy atom. The Morgan fingerprint density at radius 3 is 2.90 bits per heavy atom. The Morgan fingerprint density at radius 2 is 2.05 bits per heavy atom. The van der Waals surface area contributed by atoms with Gasteiger partial charge in [0.1, 0.15) is 5.15 Å². The molecule has 2 aromatic heterocycles. The molecule has 20 heavy (non-hydrogen) atoms. The molecule has 100 valence electrons. The fourth-order valence-electron chi connectivity index (χ4n) is 1.96. The van der Waals surface area contributed by atoms with Gasteiger partial charge < -0.3 is 5.32 Å². The van der Waals surface area contributed by atoms with Gasteiger partial charge >= 0.3 is 0 Å². The summed E-state index contributed by atoms with van der Waals surface area (Å²) < 4.78 is 0.784. The molecule has 0 atom stereocenters. The number of nitrogens with zero attached hydrogens (tertiary/aromatic N) is 2. The summed E-state index contributed by atoms with van der Waals surface area (Å²) >= 11 is 9.23. The number of halogens is 2. The van der Waals surface area contributed by atoms with Crippen LogP contribution in [0.5, 0.6) is 0 Å². The molecular formula is C15H11BrClN3. The molecule has 1 aromatic carbocycles. The van der Waals surface area contributed by atoms with Gasteiger partial charge in [0.05, 0.1) is 21.9 Å². The van der Waals surface area contributed by atoms with Crippen molar-refractivity contribution in [1.82, 2.24) is 9.97 Å². The molecule has 0 aliphatic carbocycles. The summed E-state index contributed by atoms with van der Waals surface area (Å²) in [6.07, 6.45) is 3.52. The summed E-state index contributed by atoms with van der Waals surface area (Å²) in [6.45, 7) is 0.723. The number of aromatic nitrogens is 2. The van der Waals surface area contributed by atoms with E-state index in [1.165, 1.54) is 5.56 Å². The summed E-state index contributed by atoms with van der Waals surface area (Å²) in [5.41, 5.74) is 3.12. The number of anilines is 1. The van der Waals surface area contributed by atoms with E-state index in [0.717, 1.165) is 27.6 Å². The first-order valence-corrected chi connectivity index (χ1v) is 7.28. The minimum Gasteiger partial charge on any atom is -0.380 e. The van der Waals surface area contributed by atoms with Gasteiger partial charge in [0, 0.05) is 18.1 Å². The van der Waals surface area contributed by atoms with Gasteiger partial charge in [0.15, 0.2) is 0 Å². The van der Waals surface area contributed by atoms with Crippen molar-refractivity contribution < 1.29 is 0 Å². The number of hydrogen-bond acceptors (Lipinski definition) is 3. The molecule has 0 radical (unpaired) electrons. The zero-order chi connectivity index (χ0) is 13.9. The second-order valence-corrected chi connectivity index (χ2v) is 5.59. The zero-order valence-corrected chi connectivity index (χ0v) is 12.8. The molecule has 0 fully saturated rings. The minimum atomic E-state index is 0.465. The van der Waals surface area contributed by atoms with E-state index in [9.17, 15) is 0 Å². The van der Waals surface area contributed by atoms with Crippen LogP contribution in [0.25, 0.3) is 10.9 Å². The fraction of sp³-hybridized carbons (Fsp3) is 0.0667. The second kappa shape index (κ2) is 5.77. The minimum absolute atomic E-state index is 0.465. The first-order valence-electron chi connectivity index (χ1n) is 6.11. The molecule has 0 aliphatic heterocycles. The highest BCUT2D eigenvalue weighted by Crippen LogP contribution is 2.23. The highest BCUT2D eigenvalue weighted by atomic mass is 79.9. The van der Waals surface area contributed by atoms with Gasteiger partial charge in [-0.25, -0.2) is 4.98 Å². The molecule has 0 spiro atoms. The van der Waals surface area contributed by atoms with Crippen LogP contribution in [0.2, 0.25) is 5.15 Å². The third-order valence-electron chi connectivity index (χ3n) is 2.96. The number of benzene rings is 1. The second-order valence-electron chi connectivity index (χ2n) is 4.38. The van der Waals surface area contributed by atoms with Crippen molar-refractivity contribution in [3.8, 4) is 0 Å². The topological polar surface area (TPSA) is 37.8 Å². The molecule has 3 nitrogen and oxygen atoms in total. The third-order valence-corrected chi connectivity index (χ3v) is 4.09. The molecule has 0 bridgehead atoms.